The van der Waals surface area contributed by atoms with Gasteiger partial charge in [-0.15, -0.1) is 0 Å². The van der Waals surface area contributed by atoms with Gasteiger partial charge in [0.2, 0.25) is 0 Å². The molecule has 0 fully saturated rings. The average Bonchev–Trinajstić information content (AvgIpc) is 1.98. The van der Waals surface area contributed by atoms with Crippen LogP contribution in [0.5, 0.6) is 0 Å². The van der Waals surface area contributed by atoms with Gasteiger partial charge >= 0.3 is 0 Å². The lowest BCUT2D eigenvalue weighted by Gasteiger charge is -2.14. The Morgan fingerprint density at radius 3 is 2.70 bits per heavy atom. The lowest BCUT2D eigenvalue weighted by atomic mass is 10.3. The first kappa shape index (κ1) is 9.50. The molecule has 2 nitrogen and oxygen atoms in total. The third kappa shape index (κ3) is 3.51. The van der Waals surface area contributed by atoms with Crippen LogP contribution in [0.2, 0.25) is 0 Å². The Hall–Kier alpha value is -0.500. The molecule has 0 rings (SSSR count). The van der Waals surface area contributed by atoms with Crippen LogP contribution in [-0.4, -0.2) is 19.8 Å². The van der Waals surface area contributed by atoms with Gasteiger partial charge in [-0.05, 0) is 13.3 Å². The van der Waals surface area contributed by atoms with Gasteiger partial charge in [0.15, 0.2) is 0 Å². The molecule has 1 atom stereocenters. The molecule has 0 spiro atoms. The second-order valence-corrected chi connectivity index (χ2v) is 2.33. The van der Waals surface area contributed by atoms with Crippen LogP contribution < -0.4 is 5.32 Å². The van der Waals surface area contributed by atoms with E-state index in [0.717, 1.165) is 18.7 Å². The van der Waals surface area contributed by atoms with Gasteiger partial charge < -0.3 is 10.1 Å². The van der Waals surface area contributed by atoms with Crippen LogP contribution in [0.15, 0.2) is 12.3 Å². The summed E-state index contributed by atoms with van der Waals surface area (Å²) in [7, 11) is 1.68. The molecular weight excluding hydrogens is 126 g/mol. The molecule has 0 bridgehead atoms. The number of nitrogens with one attached hydrogen (secondary N) is 1. The maximum atomic E-state index is 5.05. The molecule has 0 unspecified atom stereocenters. The molecule has 60 valence electrons. The molecule has 0 aromatic heterocycles. The number of ether oxygens (including phenoxy) is 1. The quantitative estimate of drug-likeness (QED) is 0.630. The van der Waals surface area contributed by atoms with Gasteiger partial charge in [0, 0.05) is 19.4 Å². The molecule has 0 amide bonds. The minimum atomic E-state index is 0.117. The molecule has 0 heterocycles. The first-order valence-electron chi connectivity index (χ1n) is 3.67. The van der Waals surface area contributed by atoms with Crippen molar-refractivity contribution in [3.8, 4) is 0 Å². The number of methoxy groups -OCH3 is 1. The van der Waals surface area contributed by atoms with Crippen LogP contribution in [0.25, 0.3) is 0 Å². The Kier molecular flexibility index (Phi) is 5.03. The predicted octanol–water partition coefficient (Wildman–Crippen LogP) is 1.53. The van der Waals surface area contributed by atoms with E-state index in [1.807, 2.05) is 6.92 Å². The highest BCUT2D eigenvalue weighted by Crippen LogP contribution is 1.97. The molecule has 0 saturated heterocycles. The van der Waals surface area contributed by atoms with Crippen molar-refractivity contribution < 1.29 is 4.74 Å². The van der Waals surface area contributed by atoms with Gasteiger partial charge in [-0.25, -0.2) is 0 Å². The molecule has 2 heteroatoms. The topological polar surface area (TPSA) is 21.3 Å². The Balaban J connectivity index is 3.42. The van der Waals surface area contributed by atoms with E-state index in [1.165, 1.54) is 0 Å². The maximum absolute atomic E-state index is 5.05. The van der Waals surface area contributed by atoms with Crippen molar-refractivity contribution in [2.24, 2.45) is 0 Å². The van der Waals surface area contributed by atoms with Crippen LogP contribution in [0.1, 0.15) is 20.3 Å². The fraction of sp³-hybridized carbons (Fsp3) is 0.750. The van der Waals surface area contributed by atoms with Gasteiger partial charge in [-0.3, -0.25) is 0 Å². The first-order chi connectivity index (χ1) is 4.72. The second kappa shape index (κ2) is 5.30. The van der Waals surface area contributed by atoms with Gasteiger partial charge in [0.05, 0.1) is 6.10 Å². The highest BCUT2D eigenvalue weighted by atomic mass is 16.5. The van der Waals surface area contributed by atoms with Crippen LogP contribution in [0, 0.1) is 0 Å². The molecule has 0 aromatic rings. The molecule has 10 heavy (non-hydrogen) atoms. The Bertz CT molecular complexity index is 101. The van der Waals surface area contributed by atoms with Gasteiger partial charge in [-0.1, -0.05) is 13.5 Å². The summed E-state index contributed by atoms with van der Waals surface area (Å²) in [6.45, 7) is 8.91. The van der Waals surface area contributed by atoms with Crippen molar-refractivity contribution in [3.05, 3.63) is 12.3 Å². The Morgan fingerprint density at radius 2 is 2.30 bits per heavy atom. The van der Waals surface area contributed by atoms with Crippen molar-refractivity contribution >= 4 is 0 Å². The number of rotatable bonds is 5. The summed E-state index contributed by atoms with van der Waals surface area (Å²) in [6.07, 6.45) is 1.24. The highest BCUT2D eigenvalue weighted by Gasteiger charge is 2.01. The summed E-state index contributed by atoms with van der Waals surface area (Å²) < 4.78 is 5.05. The third-order valence-electron chi connectivity index (χ3n) is 1.45. The molecule has 0 aliphatic rings. The van der Waals surface area contributed by atoms with Crippen molar-refractivity contribution in [3.63, 3.8) is 0 Å². The van der Waals surface area contributed by atoms with Gasteiger partial charge in [-0.2, -0.15) is 0 Å². The van der Waals surface area contributed by atoms with Crippen LogP contribution in [0.3, 0.4) is 0 Å². The van der Waals surface area contributed by atoms with Crippen molar-refractivity contribution in [1.82, 2.24) is 5.32 Å². The van der Waals surface area contributed by atoms with E-state index in [9.17, 15) is 0 Å². The van der Waals surface area contributed by atoms with E-state index in [2.05, 4.69) is 18.8 Å². The number of hydrogen-bond donors (Lipinski definition) is 1. The summed E-state index contributed by atoms with van der Waals surface area (Å²) >= 11 is 0. The summed E-state index contributed by atoms with van der Waals surface area (Å²) in [5.74, 6) is 0. The van der Waals surface area contributed by atoms with Crippen molar-refractivity contribution in [2.45, 2.75) is 26.4 Å². The fourth-order valence-corrected chi connectivity index (χ4v) is 0.572. The third-order valence-corrected chi connectivity index (χ3v) is 1.45. The summed E-state index contributed by atoms with van der Waals surface area (Å²) in [4.78, 5) is 0. The summed E-state index contributed by atoms with van der Waals surface area (Å²) in [5.41, 5.74) is 0.962. The van der Waals surface area contributed by atoms with E-state index in [1.54, 1.807) is 7.11 Å². The number of hydrogen-bond acceptors (Lipinski definition) is 2. The molecule has 0 radical (unpaired) electrons. The molecule has 0 saturated carbocycles. The molecular formula is C8H17NO. The van der Waals surface area contributed by atoms with Crippen molar-refractivity contribution in [1.29, 1.82) is 0 Å². The molecule has 0 aromatic carbocycles. The average molecular weight is 143 g/mol. The van der Waals surface area contributed by atoms with Crippen molar-refractivity contribution in [2.75, 3.05) is 13.7 Å². The summed E-state index contributed by atoms with van der Waals surface area (Å²) in [5, 5.41) is 3.16. The SMILES string of the molecule is C=C(NCCC)[C@H](C)OC. The normalized spacial score (nSPS) is 12.7. The van der Waals surface area contributed by atoms with E-state index in [0.29, 0.717) is 0 Å². The molecule has 1 N–H and O–H groups in total. The largest absolute Gasteiger partial charge is 0.387 e. The van der Waals surface area contributed by atoms with E-state index >= 15 is 0 Å². The smallest absolute Gasteiger partial charge is 0.0931 e. The van der Waals surface area contributed by atoms with E-state index < -0.39 is 0 Å². The zero-order valence-corrected chi connectivity index (χ0v) is 7.11. The standard InChI is InChI=1S/C8H17NO/c1-5-6-9-7(2)8(3)10-4/h8-9H,2,5-6H2,1,3-4H3/t8-/m0/s1. The van der Waals surface area contributed by atoms with Crippen LogP contribution in [-0.2, 0) is 4.74 Å². The summed E-state index contributed by atoms with van der Waals surface area (Å²) in [6, 6.07) is 0. The van der Waals surface area contributed by atoms with Crippen LogP contribution in [0.4, 0.5) is 0 Å². The minimum absolute atomic E-state index is 0.117. The zero-order chi connectivity index (χ0) is 7.98. The van der Waals surface area contributed by atoms with E-state index in [-0.39, 0.29) is 6.10 Å². The molecule has 0 aliphatic carbocycles. The minimum Gasteiger partial charge on any atom is -0.387 e. The fourth-order valence-electron chi connectivity index (χ4n) is 0.572. The zero-order valence-electron chi connectivity index (χ0n) is 7.11. The van der Waals surface area contributed by atoms with Gasteiger partial charge in [0.1, 0.15) is 0 Å². The lowest BCUT2D eigenvalue weighted by Crippen LogP contribution is -2.23. The van der Waals surface area contributed by atoms with Gasteiger partial charge in [0.25, 0.3) is 0 Å². The maximum Gasteiger partial charge on any atom is 0.0931 e. The Morgan fingerprint density at radius 1 is 1.70 bits per heavy atom. The first-order valence-corrected chi connectivity index (χ1v) is 3.67. The second-order valence-electron chi connectivity index (χ2n) is 2.33. The highest BCUT2D eigenvalue weighted by molar-refractivity contribution is 4.97. The van der Waals surface area contributed by atoms with E-state index in [4.69, 9.17) is 4.74 Å². The predicted molar refractivity (Wildman–Crippen MR) is 43.9 cm³/mol. The van der Waals surface area contributed by atoms with Crippen LogP contribution >= 0.6 is 0 Å². The molecule has 0 aliphatic heterocycles. The monoisotopic (exact) mass is 143 g/mol. The lowest BCUT2D eigenvalue weighted by molar-refractivity contribution is 0.141. The Labute approximate surface area is 63.3 Å².